The van der Waals surface area contributed by atoms with Gasteiger partial charge in [-0.25, -0.2) is 0 Å². The van der Waals surface area contributed by atoms with E-state index in [0.29, 0.717) is 12.2 Å². The van der Waals surface area contributed by atoms with Gasteiger partial charge >= 0.3 is 0 Å². The van der Waals surface area contributed by atoms with Crippen molar-refractivity contribution in [2.24, 2.45) is 0 Å². The molecule has 16 heavy (non-hydrogen) atoms. The minimum absolute atomic E-state index is 0.0595. The van der Waals surface area contributed by atoms with Crippen molar-refractivity contribution in [2.45, 2.75) is 50.7 Å². The second-order valence-electron chi connectivity index (χ2n) is 4.77. The molecule has 0 radical (unpaired) electrons. The molecule has 1 saturated heterocycles. The van der Waals surface area contributed by atoms with Gasteiger partial charge in [0.1, 0.15) is 0 Å². The third kappa shape index (κ3) is 2.85. The average molecular weight is 223 g/mol. The van der Waals surface area contributed by atoms with Gasteiger partial charge in [0.15, 0.2) is 0 Å². The fraction of sp³-hybridized carbons (Fsp3) is 0.769. The van der Waals surface area contributed by atoms with Gasteiger partial charge in [-0.2, -0.15) is 0 Å². The van der Waals surface area contributed by atoms with Crippen LogP contribution in [0.4, 0.5) is 0 Å². The molecule has 1 unspecified atom stereocenters. The third-order valence-electron chi connectivity index (χ3n) is 3.60. The van der Waals surface area contributed by atoms with Crippen LogP contribution in [0.5, 0.6) is 0 Å². The van der Waals surface area contributed by atoms with Crippen LogP contribution in [0, 0.1) is 0 Å². The lowest BCUT2D eigenvalue weighted by atomic mass is 9.95. The van der Waals surface area contributed by atoms with E-state index in [1.54, 1.807) is 0 Å². The SMILES string of the molecule is C=CC(=O)N1CCCC(OC2CCC2)CC1. The summed E-state index contributed by atoms with van der Waals surface area (Å²) < 4.78 is 6.01. The maximum absolute atomic E-state index is 11.5. The maximum atomic E-state index is 11.5. The monoisotopic (exact) mass is 223 g/mol. The zero-order chi connectivity index (χ0) is 11.4. The molecule has 1 amide bonds. The fourth-order valence-corrected chi connectivity index (χ4v) is 2.33. The van der Waals surface area contributed by atoms with Gasteiger partial charge in [-0.3, -0.25) is 4.79 Å². The smallest absolute Gasteiger partial charge is 0.245 e. The molecular formula is C13H21NO2. The Morgan fingerprint density at radius 2 is 1.81 bits per heavy atom. The van der Waals surface area contributed by atoms with E-state index in [9.17, 15) is 4.79 Å². The second kappa shape index (κ2) is 5.48. The second-order valence-corrected chi connectivity index (χ2v) is 4.77. The van der Waals surface area contributed by atoms with Crippen LogP contribution in [-0.2, 0) is 9.53 Å². The molecule has 1 aliphatic heterocycles. The van der Waals surface area contributed by atoms with E-state index >= 15 is 0 Å². The van der Waals surface area contributed by atoms with Gasteiger partial charge in [-0.15, -0.1) is 0 Å². The molecule has 1 heterocycles. The van der Waals surface area contributed by atoms with Gasteiger partial charge in [0, 0.05) is 13.1 Å². The topological polar surface area (TPSA) is 29.5 Å². The van der Waals surface area contributed by atoms with E-state index in [1.165, 1.54) is 25.3 Å². The van der Waals surface area contributed by atoms with Crippen molar-refractivity contribution < 1.29 is 9.53 Å². The summed E-state index contributed by atoms with van der Waals surface area (Å²) in [5.74, 6) is 0.0595. The molecule has 2 fully saturated rings. The van der Waals surface area contributed by atoms with E-state index in [0.717, 1.165) is 32.4 Å². The average Bonchev–Trinajstić information content (AvgIpc) is 2.48. The van der Waals surface area contributed by atoms with Gasteiger partial charge in [-0.1, -0.05) is 6.58 Å². The summed E-state index contributed by atoms with van der Waals surface area (Å²) in [6.45, 7) is 5.21. The first kappa shape index (κ1) is 11.6. The summed E-state index contributed by atoms with van der Waals surface area (Å²) in [6.07, 6.45) is 9.19. The summed E-state index contributed by atoms with van der Waals surface area (Å²) >= 11 is 0. The van der Waals surface area contributed by atoms with Crippen LogP contribution in [0.25, 0.3) is 0 Å². The minimum atomic E-state index is 0.0595. The maximum Gasteiger partial charge on any atom is 0.245 e. The molecule has 0 bridgehead atoms. The van der Waals surface area contributed by atoms with Crippen molar-refractivity contribution in [1.82, 2.24) is 4.90 Å². The standard InChI is InChI=1S/C13H21NO2/c1-2-13(15)14-9-4-7-12(8-10-14)16-11-5-3-6-11/h2,11-12H,1,3-10H2. The molecule has 0 aromatic heterocycles. The van der Waals surface area contributed by atoms with Crippen molar-refractivity contribution >= 4 is 5.91 Å². The zero-order valence-electron chi connectivity index (χ0n) is 9.86. The Morgan fingerprint density at radius 1 is 1.12 bits per heavy atom. The number of likely N-dealkylation sites (tertiary alicyclic amines) is 1. The lowest BCUT2D eigenvalue weighted by molar-refractivity contribution is -0.126. The largest absolute Gasteiger partial charge is 0.375 e. The lowest BCUT2D eigenvalue weighted by Gasteiger charge is -2.30. The summed E-state index contributed by atoms with van der Waals surface area (Å²) in [7, 11) is 0. The van der Waals surface area contributed by atoms with Crippen LogP contribution in [0.3, 0.4) is 0 Å². The molecule has 1 saturated carbocycles. The highest BCUT2D eigenvalue weighted by atomic mass is 16.5. The summed E-state index contributed by atoms with van der Waals surface area (Å²) in [5.41, 5.74) is 0. The molecule has 1 atom stereocenters. The number of rotatable bonds is 3. The Hall–Kier alpha value is -0.830. The van der Waals surface area contributed by atoms with Crippen molar-refractivity contribution in [3.8, 4) is 0 Å². The van der Waals surface area contributed by atoms with Crippen molar-refractivity contribution in [2.75, 3.05) is 13.1 Å². The molecule has 3 heteroatoms. The normalized spacial score (nSPS) is 27.0. The Kier molecular flexibility index (Phi) is 3.99. The van der Waals surface area contributed by atoms with Crippen LogP contribution in [0.2, 0.25) is 0 Å². The van der Waals surface area contributed by atoms with E-state index in [-0.39, 0.29) is 5.91 Å². The van der Waals surface area contributed by atoms with Gasteiger partial charge in [0.25, 0.3) is 0 Å². The number of carbonyl (C=O) groups is 1. The van der Waals surface area contributed by atoms with Crippen molar-refractivity contribution in [3.05, 3.63) is 12.7 Å². The highest BCUT2D eigenvalue weighted by molar-refractivity contribution is 5.86. The summed E-state index contributed by atoms with van der Waals surface area (Å²) in [5, 5.41) is 0. The summed E-state index contributed by atoms with van der Waals surface area (Å²) in [6, 6.07) is 0. The first-order valence-electron chi connectivity index (χ1n) is 6.36. The first-order chi connectivity index (χ1) is 7.79. The van der Waals surface area contributed by atoms with Crippen LogP contribution in [0.15, 0.2) is 12.7 Å². The number of hydrogen-bond donors (Lipinski definition) is 0. The highest BCUT2D eigenvalue weighted by Crippen LogP contribution is 2.26. The van der Waals surface area contributed by atoms with Gasteiger partial charge in [0.2, 0.25) is 5.91 Å². The quantitative estimate of drug-likeness (QED) is 0.686. The van der Waals surface area contributed by atoms with Crippen LogP contribution in [-0.4, -0.2) is 36.1 Å². The van der Waals surface area contributed by atoms with E-state index < -0.39 is 0 Å². The Morgan fingerprint density at radius 3 is 2.44 bits per heavy atom. The molecule has 2 rings (SSSR count). The lowest BCUT2D eigenvalue weighted by Crippen LogP contribution is -2.31. The molecule has 90 valence electrons. The molecule has 0 N–H and O–H groups in total. The third-order valence-corrected chi connectivity index (χ3v) is 3.60. The molecular weight excluding hydrogens is 202 g/mol. The number of carbonyl (C=O) groups excluding carboxylic acids is 1. The van der Waals surface area contributed by atoms with Crippen LogP contribution >= 0.6 is 0 Å². The molecule has 0 spiro atoms. The van der Waals surface area contributed by atoms with Gasteiger partial charge < -0.3 is 9.64 Å². The summed E-state index contributed by atoms with van der Waals surface area (Å²) in [4.78, 5) is 13.4. The van der Waals surface area contributed by atoms with Crippen LogP contribution < -0.4 is 0 Å². The van der Waals surface area contributed by atoms with Gasteiger partial charge in [-0.05, 0) is 44.6 Å². The molecule has 0 aromatic rings. The molecule has 1 aliphatic carbocycles. The van der Waals surface area contributed by atoms with Crippen molar-refractivity contribution in [3.63, 3.8) is 0 Å². The van der Waals surface area contributed by atoms with Crippen molar-refractivity contribution in [1.29, 1.82) is 0 Å². The Labute approximate surface area is 97.5 Å². The van der Waals surface area contributed by atoms with Crippen LogP contribution in [0.1, 0.15) is 38.5 Å². The number of amides is 1. The fourth-order valence-electron chi connectivity index (χ4n) is 2.33. The first-order valence-corrected chi connectivity index (χ1v) is 6.36. The number of ether oxygens (including phenoxy) is 1. The zero-order valence-corrected chi connectivity index (χ0v) is 9.86. The number of nitrogens with zero attached hydrogens (tertiary/aromatic N) is 1. The predicted octanol–water partition coefficient (Wildman–Crippen LogP) is 2.12. The van der Waals surface area contributed by atoms with E-state index in [2.05, 4.69) is 6.58 Å². The van der Waals surface area contributed by atoms with E-state index in [1.807, 2.05) is 4.90 Å². The van der Waals surface area contributed by atoms with E-state index in [4.69, 9.17) is 4.74 Å². The van der Waals surface area contributed by atoms with Gasteiger partial charge in [0.05, 0.1) is 12.2 Å². The minimum Gasteiger partial charge on any atom is -0.375 e. The predicted molar refractivity (Wildman–Crippen MR) is 63.1 cm³/mol. The molecule has 0 aromatic carbocycles. The Balaban J connectivity index is 1.77. The molecule has 3 nitrogen and oxygen atoms in total. The highest BCUT2D eigenvalue weighted by Gasteiger charge is 2.25. The number of hydrogen-bond acceptors (Lipinski definition) is 2. The molecule has 2 aliphatic rings. The Bertz CT molecular complexity index is 261.